The molecule has 8 rings (SSSR count). The first kappa shape index (κ1) is 42.1. The van der Waals surface area contributed by atoms with Crippen molar-refractivity contribution in [1.29, 1.82) is 0 Å². The van der Waals surface area contributed by atoms with Gasteiger partial charge in [-0.15, -0.1) is 12.8 Å². The summed E-state index contributed by atoms with van der Waals surface area (Å²) >= 11 is 0. The monoisotopic (exact) mass is 780 g/mol. The van der Waals surface area contributed by atoms with Gasteiger partial charge in [-0.05, 0) is 33.4 Å². The van der Waals surface area contributed by atoms with Gasteiger partial charge in [0.2, 0.25) is 0 Å². The number of rotatable bonds is 11. The predicted octanol–water partition coefficient (Wildman–Crippen LogP) is 11.4. The minimum absolute atomic E-state index is 0. The van der Waals surface area contributed by atoms with Crippen LogP contribution in [0.25, 0.3) is 0 Å². The summed E-state index contributed by atoms with van der Waals surface area (Å²) in [6.45, 7) is 0. The number of aliphatic carboxylic acids is 2. The quantitative estimate of drug-likeness (QED) is 0.0780. The topological polar surface area (TPSA) is 74.6 Å². The summed E-state index contributed by atoms with van der Waals surface area (Å²) in [7, 11) is 0. The van der Waals surface area contributed by atoms with Crippen LogP contribution in [0, 0.1) is 12.2 Å². The fourth-order valence-corrected chi connectivity index (χ4v) is 7.38. The summed E-state index contributed by atoms with van der Waals surface area (Å²) in [5.74, 6) is -1.76. The molecule has 0 amide bonds. The average molecular weight is 781 g/mol. The van der Waals surface area contributed by atoms with Gasteiger partial charge in [0.15, 0.2) is 0 Å². The third-order valence-electron chi connectivity index (χ3n) is 10.1. The molecule has 2 N–H and O–H groups in total. The fraction of sp³-hybridized carbons (Fsp3) is 0.115. The van der Waals surface area contributed by atoms with Gasteiger partial charge >= 0.3 is 33.7 Å². The van der Waals surface area contributed by atoms with Crippen molar-refractivity contribution in [1.82, 2.24) is 0 Å². The van der Waals surface area contributed by atoms with E-state index in [-0.39, 0.29) is 21.7 Å². The van der Waals surface area contributed by atoms with Crippen LogP contribution in [-0.2, 0) is 42.1 Å². The SMILES string of the molecule is O=C(O)C(c1ccccc1)(c1ccccc1)c1ccccc1.O=C(O)C(c1ccccc1)(c1ccccc1)c1ccccc1.[C-]1=C(CCC2=[C-]CC=C2)C=CC1.[Ti+2]. The molecule has 0 aliphatic heterocycles. The molecule has 0 saturated carbocycles. The van der Waals surface area contributed by atoms with E-state index in [4.69, 9.17) is 0 Å². The molecule has 0 fully saturated rings. The van der Waals surface area contributed by atoms with E-state index in [9.17, 15) is 19.8 Å². The second-order valence-electron chi connectivity index (χ2n) is 13.4. The minimum atomic E-state index is -1.20. The van der Waals surface area contributed by atoms with E-state index >= 15 is 0 Å². The van der Waals surface area contributed by atoms with Crippen LogP contribution in [-0.4, -0.2) is 22.2 Å². The maximum absolute atomic E-state index is 12.4. The van der Waals surface area contributed by atoms with Gasteiger partial charge in [0.25, 0.3) is 0 Å². The third-order valence-corrected chi connectivity index (χ3v) is 10.1. The maximum Gasteiger partial charge on any atom is 2.00 e. The zero-order chi connectivity index (χ0) is 39.1. The van der Waals surface area contributed by atoms with E-state index in [1.165, 1.54) is 11.1 Å². The number of hydrogen-bond acceptors (Lipinski definition) is 2. The molecule has 2 aliphatic carbocycles. The molecule has 4 nitrogen and oxygen atoms in total. The Hall–Kier alpha value is -6.07. The van der Waals surface area contributed by atoms with E-state index in [1.807, 2.05) is 182 Å². The van der Waals surface area contributed by atoms with Gasteiger partial charge in [0.1, 0.15) is 10.8 Å². The molecule has 0 unspecified atom stereocenters. The van der Waals surface area contributed by atoms with Crippen LogP contribution in [0.2, 0.25) is 0 Å². The molecule has 0 aromatic heterocycles. The molecule has 5 heteroatoms. The second-order valence-corrected chi connectivity index (χ2v) is 13.4. The van der Waals surface area contributed by atoms with Crippen molar-refractivity contribution in [2.75, 3.05) is 0 Å². The Morgan fingerprint density at radius 3 is 0.772 bits per heavy atom. The summed E-state index contributed by atoms with van der Waals surface area (Å²) in [5.41, 5.74) is 4.82. The first-order valence-corrected chi connectivity index (χ1v) is 18.8. The zero-order valence-corrected chi connectivity index (χ0v) is 33.2. The second kappa shape index (κ2) is 20.7. The Morgan fingerprint density at radius 2 is 0.614 bits per heavy atom. The number of benzene rings is 6. The molecule has 0 spiro atoms. The van der Waals surface area contributed by atoms with Crippen LogP contribution in [0.1, 0.15) is 59.1 Å². The predicted molar refractivity (Wildman–Crippen MR) is 224 cm³/mol. The Morgan fingerprint density at radius 1 is 0.404 bits per heavy atom. The summed E-state index contributed by atoms with van der Waals surface area (Å²) in [5, 5.41) is 20.4. The van der Waals surface area contributed by atoms with Crippen LogP contribution in [0.15, 0.2) is 217 Å². The summed E-state index contributed by atoms with van der Waals surface area (Å²) in [6.07, 6.45) is 19.6. The van der Waals surface area contributed by atoms with Gasteiger partial charge in [0, 0.05) is 0 Å². The number of hydrogen-bond donors (Lipinski definition) is 2. The largest absolute Gasteiger partial charge is 2.00 e. The van der Waals surface area contributed by atoms with Crippen LogP contribution in [0.3, 0.4) is 0 Å². The molecule has 6 aromatic rings. The normalized spacial score (nSPS) is 12.8. The summed E-state index contributed by atoms with van der Waals surface area (Å²) in [6, 6.07) is 56.3. The van der Waals surface area contributed by atoms with Gasteiger partial charge < -0.3 is 10.2 Å². The van der Waals surface area contributed by atoms with Crippen LogP contribution in [0.5, 0.6) is 0 Å². The van der Waals surface area contributed by atoms with Gasteiger partial charge in [-0.2, -0.15) is 12.2 Å². The Labute approximate surface area is 351 Å². The van der Waals surface area contributed by atoms with E-state index in [1.54, 1.807) is 0 Å². The number of carboxylic acid groups (broad SMARTS) is 2. The van der Waals surface area contributed by atoms with Gasteiger partial charge in [-0.1, -0.05) is 195 Å². The first-order valence-electron chi connectivity index (χ1n) is 18.8. The molecule has 57 heavy (non-hydrogen) atoms. The maximum atomic E-state index is 12.4. The average Bonchev–Trinajstić information content (AvgIpc) is 3.99. The van der Waals surface area contributed by atoms with Crippen molar-refractivity contribution in [3.05, 3.63) is 263 Å². The summed E-state index contributed by atoms with van der Waals surface area (Å²) in [4.78, 5) is 24.8. The molecule has 0 radical (unpaired) electrons. The van der Waals surface area contributed by atoms with Crippen molar-refractivity contribution in [3.8, 4) is 0 Å². The Balaban J connectivity index is 0.000000169. The molecule has 280 valence electrons. The molecule has 0 saturated heterocycles. The smallest absolute Gasteiger partial charge is 0.480 e. The molecular weight excluding hydrogens is 736 g/mol. The molecule has 0 heterocycles. The third kappa shape index (κ3) is 9.67. The van der Waals surface area contributed by atoms with Crippen LogP contribution < -0.4 is 0 Å². The zero-order valence-electron chi connectivity index (χ0n) is 31.7. The van der Waals surface area contributed by atoms with Gasteiger partial charge in [-0.3, -0.25) is 21.7 Å². The van der Waals surface area contributed by atoms with Crippen molar-refractivity contribution in [2.45, 2.75) is 36.5 Å². The Bertz CT molecular complexity index is 1920. The van der Waals surface area contributed by atoms with Gasteiger partial charge in [-0.25, -0.2) is 23.3 Å². The molecule has 0 bridgehead atoms. The van der Waals surface area contributed by atoms with E-state index in [0.717, 1.165) is 59.1 Å². The van der Waals surface area contributed by atoms with Crippen LogP contribution in [0.4, 0.5) is 0 Å². The van der Waals surface area contributed by atoms with Crippen molar-refractivity contribution >= 4 is 11.9 Å². The molecule has 2 aliphatic rings. The standard InChI is InChI=1S/2C20H16O2.C12H12.Ti/c2*21-19(22)20(16-10-4-1-5-11-16,17-12-6-2-7-13-17)18-14-8-3-9-15-18;1-2-6-11(5-1)9-10-12-7-3-4-8-12;/h2*1-15H,(H,21,22);1,3,5,7H,2,4,9-10H2;/q;;-2;+2. The van der Waals surface area contributed by atoms with E-state index in [2.05, 4.69) is 36.5 Å². The van der Waals surface area contributed by atoms with Crippen molar-refractivity contribution < 1.29 is 41.5 Å². The van der Waals surface area contributed by atoms with E-state index in [0.29, 0.717) is 0 Å². The van der Waals surface area contributed by atoms with Crippen molar-refractivity contribution in [3.63, 3.8) is 0 Å². The number of carbonyl (C=O) groups is 2. The number of carboxylic acids is 2. The molecule has 6 aromatic carbocycles. The van der Waals surface area contributed by atoms with Gasteiger partial charge in [0.05, 0.1) is 0 Å². The first-order chi connectivity index (χ1) is 27.5. The molecule has 0 atom stereocenters. The van der Waals surface area contributed by atoms with Crippen molar-refractivity contribution in [2.24, 2.45) is 0 Å². The van der Waals surface area contributed by atoms with E-state index < -0.39 is 22.8 Å². The minimum Gasteiger partial charge on any atom is -0.480 e. The molecular formula is C52H44O4Ti. The number of allylic oxidation sites excluding steroid dienone is 8. The Kier molecular flexibility index (Phi) is 15.3. The summed E-state index contributed by atoms with van der Waals surface area (Å²) < 4.78 is 0. The van der Waals surface area contributed by atoms with Crippen LogP contribution >= 0.6 is 0 Å². The fourth-order valence-electron chi connectivity index (χ4n) is 7.38.